The molecule has 20 heavy (non-hydrogen) atoms. The highest BCUT2D eigenvalue weighted by Crippen LogP contribution is 2.25. The number of nitrogens with one attached hydrogen (secondary N) is 1. The molecule has 0 saturated carbocycles. The number of hydrogen-bond donors (Lipinski definition) is 1. The summed E-state index contributed by atoms with van der Waals surface area (Å²) in [6, 6.07) is 9.18. The van der Waals surface area contributed by atoms with Gasteiger partial charge in [-0.05, 0) is 47.8 Å². The smallest absolute Gasteiger partial charge is 0.000263 e. The highest BCUT2D eigenvalue weighted by molar-refractivity contribution is 5.27. The van der Waals surface area contributed by atoms with Gasteiger partial charge < -0.3 is 5.32 Å². The zero-order valence-electron chi connectivity index (χ0n) is 14.3. The van der Waals surface area contributed by atoms with Crippen LogP contribution in [-0.4, -0.2) is 13.1 Å². The first kappa shape index (κ1) is 17.2. The van der Waals surface area contributed by atoms with Crippen LogP contribution in [0.2, 0.25) is 0 Å². The SMILES string of the molecule is CCCNCC(C)(C)CCc1ccc(C(C)(C)C)cc1. The summed E-state index contributed by atoms with van der Waals surface area (Å²) >= 11 is 0. The van der Waals surface area contributed by atoms with Crippen LogP contribution in [0.4, 0.5) is 0 Å². The number of aryl methyl sites for hydroxylation is 1. The lowest BCUT2D eigenvalue weighted by Gasteiger charge is -2.25. The molecule has 0 radical (unpaired) electrons. The largest absolute Gasteiger partial charge is 0.316 e. The topological polar surface area (TPSA) is 12.0 Å². The molecule has 1 aromatic rings. The zero-order valence-corrected chi connectivity index (χ0v) is 14.3. The molecule has 0 spiro atoms. The summed E-state index contributed by atoms with van der Waals surface area (Å²) in [5.41, 5.74) is 3.51. The van der Waals surface area contributed by atoms with E-state index in [1.165, 1.54) is 30.4 Å². The molecule has 0 heterocycles. The van der Waals surface area contributed by atoms with Crippen molar-refractivity contribution in [1.82, 2.24) is 5.32 Å². The predicted octanol–water partition coefficient (Wildman–Crippen LogP) is 4.94. The Hall–Kier alpha value is -0.820. The summed E-state index contributed by atoms with van der Waals surface area (Å²) in [6.07, 6.45) is 3.62. The van der Waals surface area contributed by atoms with Crippen molar-refractivity contribution in [3.8, 4) is 0 Å². The molecule has 1 aromatic carbocycles. The third-order valence-electron chi connectivity index (χ3n) is 3.94. The van der Waals surface area contributed by atoms with Crippen LogP contribution in [0.3, 0.4) is 0 Å². The van der Waals surface area contributed by atoms with E-state index in [9.17, 15) is 0 Å². The lowest BCUT2D eigenvalue weighted by molar-refractivity contribution is 0.315. The van der Waals surface area contributed by atoms with E-state index < -0.39 is 0 Å². The Kier molecular flexibility index (Phi) is 6.26. The maximum atomic E-state index is 3.54. The van der Waals surface area contributed by atoms with E-state index in [1.807, 2.05) is 0 Å². The average molecular weight is 275 g/mol. The van der Waals surface area contributed by atoms with Gasteiger partial charge in [-0.1, -0.05) is 65.8 Å². The highest BCUT2D eigenvalue weighted by atomic mass is 14.9. The molecular weight excluding hydrogens is 242 g/mol. The predicted molar refractivity (Wildman–Crippen MR) is 90.4 cm³/mol. The maximum Gasteiger partial charge on any atom is 0.000263 e. The third kappa shape index (κ3) is 6.09. The van der Waals surface area contributed by atoms with Crippen molar-refractivity contribution in [3.63, 3.8) is 0 Å². The summed E-state index contributed by atoms with van der Waals surface area (Å²) in [5.74, 6) is 0. The Bertz CT molecular complexity index is 381. The van der Waals surface area contributed by atoms with E-state index in [2.05, 4.69) is 71.1 Å². The Morgan fingerprint density at radius 1 is 0.950 bits per heavy atom. The standard InChI is InChI=1S/C19H33N/c1-7-14-20-15-19(5,6)13-12-16-8-10-17(11-9-16)18(2,3)4/h8-11,20H,7,12-15H2,1-6H3. The van der Waals surface area contributed by atoms with Crippen molar-refractivity contribution in [3.05, 3.63) is 35.4 Å². The average Bonchev–Trinajstić information content (AvgIpc) is 2.36. The molecule has 0 aliphatic carbocycles. The number of hydrogen-bond acceptors (Lipinski definition) is 1. The molecule has 1 nitrogen and oxygen atoms in total. The van der Waals surface area contributed by atoms with E-state index in [0.717, 1.165) is 13.1 Å². The van der Waals surface area contributed by atoms with Crippen LogP contribution in [0.15, 0.2) is 24.3 Å². The van der Waals surface area contributed by atoms with Gasteiger partial charge in [-0.25, -0.2) is 0 Å². The van der Waals surface area contributed by atoms with E-state index in [4.69, 9.17) is 0 Å². The van der Waals surface area contributed by atoms with E-state index in [-0.39, 0.29) is 5.41 Å². The molecule has 0 amide bonds. The Balaban J connectivity index is 2.49. The van der Waals surface area contributed by atoms with Crippen LogP contribution in [0.5, 0.6) is 0 Å². The summed E-state index contributed by atoms with van der Waals surface area (Å²) in [6.45, 7) is 16.0. The minimum absolute atomic E-state index is 0.252. The summed E-state index contributed by atoms with van der Waals surface area (Å²) < 4.78 is 0. The number of benzene rings is 1. The fraction of sp³-hybridized carbons (Fsp3) is 0.684. The molecule has 0 atom stereocenters. The molecule has 114 valence electrons. The second-order valence-electron chi connectivity index (χ2n) is 7.79. The van der Waals surface area contributed by atoms with Crippen molar-refractivity contribution in [2.45, 2.75) is 66.2 Å². The van der Waals surface area contributed by atoms with Crippen molar-refractivity contribution >= 4 is 0 Å². The molecule has 1 heteroatoms. The molecule has 0 fully saturated rings. The van der Waals surface area contributed by atoms with Crippen LogP contribution < -0.4 is 5.32 Å². The lowest BCUT2D eigenvalue weighted by Crippen LogP contribution is -2.30. The van der Waals surface area contributed by atoms with Gasteiger partial charge in [0.25, 0.3) is 0 Å². The second-order valence-corrected chi connectivity index (χ2v) is 7.79. The number of rotatable bonds is 7. The first-order valence-electron chi connectivity index (χ1n) is 8.05. The monoisotopic (exact) mass is 275 g/mol. The highest BCUT2D eigenvalue weighted by Gasteiger charge is 2.17. The molecule has 0 saturated heterocycles. The van der Waals surface area contributed by atoms with Crippen LogP contribution >= 0.6 is 0 Å². The fourth-order valence-corrected chi connectivity index (χ4v) is 2.35. The summed E-state index contributed by atoms with van der Waals surface area (Å²) in [4.78, 5) is 0. The Morgan fingerprint density at radius 3 is 2.05 bits per heavy atom. The van der Waals surface area contributed by atoms with Crippen LogP contribution in [0.1, 0.15) is 65.5 Å². The van der Waals surface area contributed by atoms with Crippen LogP contribution in [0, 0.1) is 5.41 Å². The van der Waals surface area contributed by atoms with Crippen molar-refractivity contribution < 1.29 is 0 Å². The van der Waals surface area contributed by atoms with Crippen molar-refractivity contribution in [2.24, 2.45) is 5.41 Å². The normalized spacial score (nSPS) is 12.7. The Labute approximate surface area is 126 Å². The zero-order chi connectivity index (χ0) is 15.2. The van der Waals surface area contributed by atoms with Gasteiger partial charge in [0.2, 0.25) is 0 Å². The third-order valence-corrected chi connectivity index (χ3v) is 3.94. The first-order chi connectivity index (χ1) is 9.24. The van der Waals surface area contributed by atoms with Gasteiger partial charge in [-0.2, -0.15) is 0 Å². The molecule has 0 bridgehead atoms. The molecule has 0 aliphatic rings. The summed E-state index contributed by atoms with van der Waals surface area (Å²) in [5, 5.41) is 3.54. The second kappa shape index (κ2) is 7.26. The van der Waals surface area contributed by atoms with Crippen molar-refractivity contribution in [2.75, 3.05) is 13.1 Å². The molecule has 0 unspecified atom stereocenters. The molecular formula is C19H33N. The van der Waals surface area contributed by atoms with Gasteiger partial charge in [-0.3, -0.25) is 0 Å². The maximum absolute atomic E-state index is 3.54. The lowest BCUT2D eigenvalue weighted by atomic mass is 9.84. The molecule has 0 aromatic heterocycles. The van der Waals surface area contributed by atoms with Gasteiger partial charge in [-0.15, -0.1) is 0 Å². The van der Waals surface area contributed by atoms with E-state index in [1.54, 1.807) is 0 Å². The minimum Gasteiger partial charge on any atom is -0.316 e. The Morgan fingerprint density at radius 2 is 1.55 bits per heavy atom. The van der Waals surface area contributed by atoms with Gasteiger partial charge in [0.15, 0.2) is 0 Å². The molecule has 0 aliphatic heterocycles. The van der Waals surface area contributed by atoms with Crippen molar-refractivity contribution in [1.29, 1.82) is 0 Å². The minimum atomic E-state index is 0.252. The van der Waals surface area contributed by atoms with Crippen LogP contribution in [-0.2, 0) is 11.8 Å². The molecule has 1 N–H and O–H groups in total. The van der Waals surface area contributed by atoms with Gasteiger partial charge in [0, 0.05) is 6.54 Å². The van der Waals surface area contributed by atoms with Gasteiger partial charge in [0.05, 0.1) is 0 Å². The summed E-state index contributed by atoms with van der Waals surface area (Å²) in [7, 11) is 0. The quantitative estimate of drug-likeness (QED) is 0.695. The molecule has 1 rings (SSSR count). The van der Waals surface area contributed by atoms with Gasteiger partial charge in [0.1, 0.15) is 0 Å². The fourth-order valence-electron chi connectivity index (χ4n) is 2.35. The van der Waals surface area contributed by atoms with E-state index in [0.29, 0.717) is 5.41 Å². The van der Waals surface area contributed by atoms with E-state index >= 15 is 0 Å². The first-order valence-corrected chi connectivity index (χ1v) is 8.05. The van der Waals surface area contributed by atoms with Gasteiger partial charge >= 0.3 is 0 Å². The van der Waals surface area contributed by atoms with Crippen LogP contribution in [0.25, 0.3) is 0 Å².